The van der Waals surface area contributed by atoms with Crippen LogP contribution in [-0.4, -0.2) is 42.5 Å². The standard InChI is InChI=1S/C28H32N2O4/c1-21(2)29-28(32)24(18-22-12-6-4-7-13-22)30(19-23-14-8-5-9-15-23)27(31)20-34-26-17-11-10-16-25(26)33-3/h4-17,21,24H,18-20H2,1-3H3,(H,29,32)/t24-/m0/s1. The van der Waals surface area contributed by atoms with Gasteiger partial charge in [-0.05, 0) is 37.1 Å². The molecule has 0 aliphatic rings. The van der Waals surface area contributed by atoms with Crippen molar-refractivity contribution in [2.45, 2.75) is 38.9 Å². The molecule has 0 saturated heterocycles. The molecule has 3 aromatic rings. The van der Waals surface area contributed by atoms with Crippen LogP contribution in [0.2, 0.25) is 0 Å². The van der Waals surface area contributed by atoms with Crippen LogP contribution in [0.15, 0.2) is 84.9 Å². The van der Waals surface area contributed by atoms with E-state index in [1.165, 1.54) is 0 Å². The number of hydrogen-bond donors (Lipinski definition) is 1. The number of ether oxygens (including phenoxy) is 2. The van der Waals surface area contributed by atoms with E-state index in [1.807, 2.05) is 86.6 Å². The van der Waals surface area contributed by atoms with Gasteiger partial charge in [-0.3, -0.25) is 9.59 Å². The quantitative estimate of drug-likeness (QED) is 0.465. The van der Waals surface area contributed by atoms with Gasteiger partial charge in [0.05, 0.1) is 7.11 Å². The van der Waals surface area contributed by atoms with Crippen LogP contribution in [0.5, 0.6) is 11.5 Å². The third-order valence-electron chi connectivity index (χ3n) is 5.32. The van der Waals surface area contributed by atoms with Crippen LogP contribution >= 0.6 is 0 Å². The lowest BCUT2D eigenvalue weighted by molar-refractivity contribution is -0.143. The van der Waals surface area contributed by atoms with Crippen molar-refractivity contribution in [2.24, 2.45) is 0 Å². The summed E-state index contributed by atoms with van der Waals surface area (Å²) in [6.45, 7) is 3.89. The van der Waals surface area contributed by atoms with E-state index in [0.29, 0.717) is 17.9 Å². The first-order valence-corrected chi connectivity index (χ1v) is 11.4. The second-order valence-corrected chi connectivity index (χ2v) is 8.32. The topological polar surface area (TPSA) is 67.9 Å². The van der Waals surface area contributed by atoms with Crippen molar-refractivity contribution in [1.29, 1.82) is 0 Å². The van der Waals surface area contributed by atoms with Crippen LogP contribution in [0.4, 0.5) is 0 Å². The van der Waals surface area contributed by atoms with Gasteiger partial charge in [0.15, 0.2) is 18.1 Å². The summed E-state index contributed by atoms with van der Waals surface area (Å²) in [5.41, 5.74) is 1.91. The third-order valence-corrected chi connectivity index (χ3v) is 5.32. The molecule has 178 valence electrons. The van der Waals surface area contributed by atoms with Crippen LogP contribution in [0.3, 0.4) is 0 Å². The number of benzene rings is 3. The van der Waals surface area contributed by atoms with E-state index < -0.39 is 6.04 Å². The highest BCUT2D eigenvalue weighted by molar-refractivity contribution is 5.88. The Labute approximate surface area is 201 Å². The molecule has 0 radical (unpaired) electrons. The van der Waals surface area contributed by atoms with E-state index >= 15 is 0 Å². The Kier molecular flexibility index (Phi) is 9.09. The maximum Gasteiger partial charge on any atom is 0.261 e. The molecule has 0 unspecified atom stereocenters. The molecule has 3 aromatic carbocycles. The van der Waals surface area contributed by atoms with Crippen molar-refractivity contribution in [3.63, 3.8) is 0 Å². The normalized spacial score (nSPS) is 11.5. The molecule has 0 spiro atoms. The Bertz CT molecular complexity index is 1050. The largest absolute Gasteiger partial charge is 0.493 e. The summed E-state index contributed by atoms with van der Waals surface area (Å²) < 4.78 is 11.1. The van der Waals surface area contributed by atoms with Crippen LogP contribution in [0, 0.1) is 0 Å². The lowest BCUT2D eigenvalue weighted by Crippen LogP contribution is -2.52. The number of methoxy groups -OCH3 is 1. The van der Waals surface area contributed by atoms with Gasteiger partial charge < -0.3 is 19.7 Å². The Morgan fingerprint density at radius 2 is 1.38 bits per heavy atom. The number of nitrogens with one attached hydrogen (secondary N) is 1. The zero-order valence-electron chi connectivity index (χ0n) is 19.9. The van der Waals surface area contributed by atoms with Crippen LogP contribution < -0.4 is 14.8 Å². The third kappa shape index (κ3) is 7.10. The van der Waals surface area contributed by atoms with Crippen LogP contribution in [0.1, 0.15) is 25.0 Å². The molecule has 34 heavy (non-hydrogen) atoms. The van der Waals surface area contributed by atoms with Gasteiger partial charge in [0.2, 0.25) is 5.91 Å². The molecule has 6 heteroatoms. The number of amides is 2. The predicted molar refractivity (Wildman–Crippen MR) is 133 cm³/mol. The molecule has 3 rings (SSSR count). The van der Waals surface area contributed by atoms with Crippen molar-refractivity contribution < 1.29 is 19.1 Å². The Morgan fingerprint density at radius 3 is 1.97 bits per heavy atom. The molecule has 0 heterocycles. The second kappa shape index (κ2) is 12.4. The SMILES string of the molecule is COc1ccccc1OCC(=O)N(Cc1ccccc1)[C@@H](Cc1ccccc1)C(=O)NC(C)C. The molecule has 2 amide bonds. The summed E-state index contributed by atoms with van der Waals surface area (Å²) in [4.78, 5) is 28.4. The zero-order valence-corrected chi connectivity index (χ0v) is 19.9. The molecule has 1 N–H and O–H groups in total. The molecular formula is C28H32N2O4. The van der Waals surface area contributed by atoms with E-state index in [0.717, 1.165) is 11.1 Å². The number of rotatable bonds is 11. The van der Waals surface area contributed by atoms with E-state index in [2.05, 4.69) is 5.32 Å². The highest BCUT2D eigenvalue weighted by Gasteiger charge is 2.31. The van der Waals surface area contributed by atoms with Gasteiger partial charge in [0.1, 0.15) is 6.04 Å². The van der Waals surface area contributed by atoms with Crippen LogP contribution in [-0.2, 0) is 22.6 Å². The highest BCUT2D eigenvalue weighted by atomic mass is 16.5. The summed E-state index contributed by atoms with van der Waals surface area (Å²) >= 11 is 0. The first-order chi connectivity index (χ1) is 16.5. The smallest absolute Gasteiger partial charge is 0.261 e. The highest BCUT2D eigenvalue weighted by Crippen LogP contribution is 2.26. The molecule has 0 aliphatic heterocycles. The van der Waals surface area contributed by atoms with Gasteiger partial charge >= 0.3 is 0 Å². The van der Waals surface area contributed by atoms with Gasteiger partial charge in [-0.25, -0.2) is 0 Å². The lowest BCUT2D eigenvalue weighted by Gasteiger charge is -2.32. The minimum Gasteiger partial charge on any atom is -0.493 e. The number of para-hydroxylation sites is 2. The van der Waals surface area contributed by atoms with E-state index in [-0.39, 0.29) is 31.0 Å². The number of nitrogens with zero attached hydrogens (tertiary/aromatic N) is 1. The Balaban J connectivity index is 1.89. The molecule has 0 bridgehead atoms. The summed E-state index contributed by atoms with van der Waals surface area (Å²) in [5, 5.41) is 2.98. The van der Waals surface area contributed by atoms with Gasteiger partial charge in [0, 0.05) is 19.0 Å². The van der Waals surface area contributed by atoms with Gasteiger partial charge in [-0.2, -0.15) is 0 Å². The molecule has 0 saturated carbocycles. The zero-order chi connectivity index (χ0) is 24.3. The molecular weight excluding hydrogens is 428 g/mol. The monoisotopic (exact) mass is 460 g/mol. The average molecular weight is 461 g/mol. The Morgan fingerprint density at radius 1 is 0.824 bits per heavy atom. The minimum atomic E-state index is -0.696. The summed E-state index contributed by atoms with van der Waals surface area (Å²) in [6, 6.07) is 25.8. The van der Waals surface area contributed by atoms with Crippen molar-refractivity contribution in [3.05, 3.63) is 96.1 Å². The van der Waals surface area contributed by atoms with Crippen LogP contribution in [0.25, 0.3) is 0 Å². The maximum absolute atomic E-state index is 13.5. The van der Waals surface area contributed by atoms with Gasteiger partial charge in [-0.1, -0.05) is 72.8 Å². The number of hydrogen-bond acceptors (Lipinski definition) is 4. The average Bonchev–Trinajstić information content (AvgIpc) is 2.85. The molecule has 6 nitrogen and oxygen atoms in total. The van der Waals surface area contributed by atoms with E-state index in [1.54, 1.807) is 24.1 Å². The molecule has 1 atom stereocenters. The first kappa shape index (κ1) is 24.8. The first-order valence-electron chi connectivity index (χ1n) is 11.4. The Hall–Kier alpha value is -3.80. The minimum absolute atomic E-state index is 0.0516. The summed E-state index contributed by atoms with van der Waals surface area (Å²) in [6.07, 6.45) is 0.395. The van der Waals surface area contributed by atoms with Gasteiger partial charge in [0.25, 0.3) is 5.91 Å². The lowest BCUT2D eigenvalue weighted by atomic mass is 10.0. The summed E-state index contributed by atoms with van der Waals surface area (Å²) in [5.74, 6) is 0.544. The second-order valence-electron chi connectivity index (χ2n) is 8.32. The number of carbonyl (C=O) groups excluding carboxylic acids is 2. The molecule has 0 aliphatic carbocycles. The van der Waals surface area contributed by atoms with Crippen molar-refractivity contribution in [2.75, 3.05) is 13.7 Å². The summed E-state index contributed by atoms with van der Waals surface area (Å²) in [7, 11) is 1.55. The fourth-order valence-corrected chi connectivity index (χ4v) is 3.68. The molecule has 0 aromatic heterocycles. The van der Waals surface area contributed by atoms with Crippen molar-refractivity contribution in [1.82, 2.24) is 10.2 Å². The molecule has 0 fully saturated rings. The maximum atomic E-state index is 13.5. The fourth-order valence-electron chi connectivity index (χ4n) is 3.68. The van der Waals surface area contributed by atoms with Crippen molar-refractivity contribution >= 4 is 11.8 Å². The number of carbonyl (C=O) groups is 2. The van der Waals surface area contributed by atoms with Crippen molar-refractivity contribution in [3.8, 4) is 11.5 Å². The van der Waals surface area contributed by atoms with E-state index in [9.17, 15) is 9.59 Å². The van der Waals surface area contributed by atoms with Gasteiger partial charge in [-0.15, -0.1) is 0 Å². The fraction of sp³-hybridized carbons (Fsp3) is 0.286. The van der Waals surface area contributed by atoms with E-state index in [4.69, 9.17) is 9.47 Å². The predicted octanol–water partition coefficient (Wildman–Crippen LogP) is 4.24.